The Hall–Kier alpha value is -1.35. The Kier molecular flexibility index (Phi) is 10.7. The molecule has 1 heterocycles. The zero-order chi connectivity index (χ0) is 22.3. The lowest BCUT2D eigenvalue weighted by Gasteiger charge is -2.52. The molecular weight excluding hydrogens is 515 g/mol. The first-order chi connectivity index (χ1) is 14.9. The number of likely N-dealkylation sites (tertiary alicyclic amines) is 1. The van der Waals surface area contributed by atoms with Crippen LogP contribution in [0, 0.1) is 11.3 Å². The number of nitrogens with zero attached hydrogens (tertiary/aromatic N) is 2. The Labute approximate surface area is 211 Å². The van der Waals surface area contributed by atoms with Crippen molar-refractivity contribution in [3.05, 3.63) is 35.9 Å². The number of nitrogens with one attached hydrogen (secondary N) is 2. The number of aliphatic imine (C=N–C) groups is 1. The number of amides is 1. The van der Waals surface area contributed by atoms with Crippen LogP contribution >= 0.6 is 24.0 Å². The highest BCUT2D eigenvalue weighted by Crippen LogP contribution is 2.42. The molecular formula is C25H41IN4O2. The highest BCUT2D eigenvalue weighted by atomic mass is 127. The van der Waals surface area contributed by atoms with Crippen molar-refractivity contribution < 1.29 is 9.53 Å². The van der Waals surface area contributed by atoms with Crippen LogP contribution in [-0.4, -0.2) is 62.2 Å². The first kappa shape index (κ1) is 26.9. The van der Waals surface area contributed by atoms with Crippen LogP contribution in [0.2, 0.25) is 0 Å². The number of hydrogen-bond acceptors (Lipinski definition) is 3. The Morgan fingerprint density at radius 1 is 1.28 bits per heavy atom. The number of rotatable bonds is 10. The average molecular weight is 557 g/mol. The van der Waals surface area contributed by atoms with Gasteiger partial charge in [0.2, 0.25) is 5.91 Å². The Morgan fingerprint density at radius 3 is 2.69 bits per heavy atom. The van der Waals surface area contributed by atoms with Gasteiger partial charge in [0, 0.05) is 57.1 Å². The average Bonchev–Trinajstić information content (AvgIpc) is 3.13. The first-order valence-corrected chi connectivity index (χ1v) is 11.8. The quantitative estimate of drug-likeness (QED) is 0.199. The molecule has 6 nitrogen and oxygen atoms in total. The van der Waals surface area contributed by atoms with E-state index in [0.717, 1.165) is 51.5 Å². The van der Waals surface area contributed by atoms with Crippen molar-refractivity contribution in [1.29, 1.82) is 0 Å². The van der Waals surface area contributed by atoms with Gasteiger partial charge >= 0.3 is 0 Å². The predicted octanol–water partition coefficient (Wildman–Crippen LogP) is 3.84. The lowest BCUT2D eigenvalue weighted by Crippen LogP contribution is -2.63. The summed E-state index contributed by atoms with van der Waals surface area (Å²) in [7, 11) is 1.81. The lowest BCUT2D eigenvalue weighted by atomic mass is 9.64. The van der Waals surface area contributed by atoms with Crippen LogP contribution < -0.4 is 10.6 Å². The van der Waals surface area contributed by atoms with Gasteiger partial charge in [-0.3, -0.25) is 9.79 Å². The van der Waals surface area contributed by atoms with Crippen molar-refractivity contribution in [2.75, 3.05) is 33.3 Å². The van der Waals surface area contributed by atoms with Gasteiger partial charge in [0.1, 0.15) is 0 Å². The summed E-state index contributed by atoms with van der Waals surface area (Å²) in [6.07, 6.45) is 5.12. The number of carbonyl (C=O) groups excluding carboxylic acids is 1. The van der Waals surface area contributed by atoms with E-state index in [-0.39, 0.29) is 35.3 Å². The van der Waals surface area contributed by atoms with Gasteiger partial charge in [-0.05, 0) is 24.8 Å². The van der Waals surface area contributed by atoms with E-state index >= 15 is 0 Å². The lowest BCUT2D eigenvalue weighted by molar-refractivity contribution is -0.127. The van der Waals surface area contributed by atoms with E-state index in [4.69, 9.17) is 4.74 Å². The number of halogens is 1. The standard InChI is InChI=1S/C25H40N4O2.HI/c1-5-6-14-31-22-16-21(25(22,2)3)28-24(26-4)27-17-20-15-23(30)29(18-20)13-12-19-10-8-7-9-11-19;/h7-11,20-22H,5-6,12-18H2,1-4H3,(H2,26,27,28);1H. The molecule has 1 aromatic carbocycles. The maximum Gasteiger partial charge on any atom is 0.223 e. The summed E-state index contributed by atoms with van der Waals surface area (Å²) >= 11 is 0. The van der Waals surface area contributed by atoms with E-state index in [1.165, 1.54) is 12.0 Å². The summed E-state index contributed by atoms with van der Waals surface area (Å²) in [6.45, 7) is 9.93. The van der Waals surface area contributed by atoms with Crippen LogP contribution in [0.15, 0.2) is 35.3 Å². The third-order valence-electron chi connectivity index (χ3n) is 6.90. The molecule has 32 heavy (non-hydrogen) atoms. The number of guanidine groups is 1. The van der Waals surface area contributed by atoms with E-state index in [2.05, 4.69) is 60.7 Å². The number of hydrogen-bond donors (Lipinski definition) is 2. The molecule has 0 bridgehead atoms. The molecule has 2 aliphatic rings. The smallest absolute Gasteiger partial charge is 0.223 e. The van der Waals surface area contributed by atoms with Crippen LogP contribution in [0.3, 0.4) is 0 Å². The van der Waals surface area contributed by atoms with Crippen LogP contribution in [-0.2, 0) is 16.0 Å². The summed E-state index contributed by atoms with van der Waals surface area (Å²) in [5.41, 5.74) is 1.37. The van der Waals surface area contributed by atoms with Crippen LogP contribution in [0.25, 0.3) is 0 Å². The number of ether oxygens (including phenoxy) is 1. The molecule has 1 saturated heterocycles. The van der Waals surface area contributed by atoms with Crippen molar-refractivity contribution in [2.24, 2.45) is 16.3 Å². The molecule has 3 unspecified atom stereocenters. The minimum Gasteiger partial charge on any atom is -0.378 e. The fourth-order valence-electron chi connectivity index (χ4n) is 4.50. The largest absolute Gasteiger partial charge is 0.378 e. The minimum atomic E-state index is 0. The normalized spacial score (nSPS) is 24.6. The third kappa shape index (κ3) is 7.07. The summed E-state index contributed by atoms with van der Waals surface area (Å²) in [5.74, 6) is 1.40. The molecule has 0 radical (unpaired) electrons. The van der Waals surface area contributed by atoms with E-state index in [1.54, 1.807) is 0 Å². The summed E-state index contributed by atoms with van der Waals surface area (Å²) in [5, 5.41) is 7.02. The maximum atomic E-state index is 12.4. The van der Waals surface area contributed by atoms with Gasteiger partial charge in [0.25, 0.3) is 0 Å². The summed E-state index contributed by atoms with van der Waals surface area (Å²) < 4.78 is 6.06. The van der Waals surface area contributed by atoms with Crippen LogP contribution in [0.1, 0.15) is 52.0 Å². The Morgan fingerprint density at radius 2 is 2.03 bits per heavy atom. The highest BCUT2D eigenvalue weighted by Gasteiger charge is 2.49. The number of unbranched alkanes of at least 4 members (excludes halogenated alkanes) is 1. The zero-order valence-electron chi connectivity index (χ0n) is 20.1. The molecule has 1 aromatic rings. The van der Waals surface area contributed by atoms with Crippen molar-refractivity contribution in [1.82, 2.24) is 15.5 Å². The minimum absolute atomic E-state index is 0. The van der Waals surface area contributed by atoms with E-state index < -0.39 is 0 Å². The van der Waals surface area contributed by atoms with Gasteiger partial charge in [-0.25, -0.2) is 0 Å². The topological polar surface area (TPSA) is 66.0 Å². The second kappa shape index (κ2) is 12.8. The molecule has 2 N–H and O–H groups in total. The molecule has 1 aliphatic carbocycles. The molecule has 2 fully saturated rings. The monoisotopic (exact) mass is 556 g/mol. The van der Waals surface area contributed by atoms with Crippen molar-refractivity contribution in [2.45, 2.75) is 65.0 Å². The predicted molar refractivity (Wildman–Crippen MR) is 142 cm³/mol. The molecule has 1 saturated carbocycles. The molecule has 0 aromatic heterocycles. The molecule has 1 amide bonds. The van der Waals surface area contributed by atoms with Gasteiger partial charge in [0.15, 0.2) is 5.96 Å². The second-order valence-electron chi connectivity index (χ2n) is 9.57. The van der Waals surface area contributed by atoms with Gasteiger partial charge in [-0.2, -0.15) is 0 Å². The van der Waals surface area contributed by atoms with Crippen molar-refractivity contribution in [3.63, 3.8) is 0 Å². The third-order valence-corrected chi connectivity index (χ3v) is 6.90. The van der Waals surface area contributed by atoms with Gasteiger partial charge in [0.05, 0.1) is 6.10 Å². The molecule has 0 spiro atoms. The van der Waals surface area contributed by atoms with Gasteiger partial charge < -0.3 is 20.3 Å². The first-order valence-electron chi connectivity index (χ1n) is 11.8. The molecule has 3 atom stereocenters. The second-order valence-corrected chi connectivity index (χ2v) is 9.57. The fraction of sp³-hybridized carbons (Fsp3) is 0.680. The Balaban J connectivity index is 0.00000363. The van der Waals surface area contributed by atoms with E-state index in [0.29, 0.717) is 24.5 Å². The maximum absolute atomic E-state index is 12.4. The van der Waals surface area contributed by atoms with Crippen LogP contribution in [0.5, 0.6) is 0 Å². The summed E-state index contributed by atoms with van der Waals surface area (Å²) in [4.78, 5) is 18.8. The van der Waals surface area contributed by atoms with Gasteiger partial charge in [-0.1, -0.05) is 57.5 Å². The molecule has 7 heteroatoms. The van der Waals surface area contributed by atoms with Crippen molar-refractivity contribution >= 4 is 35.8 Å². The molecule has 180 valence electrons. The van der Waals surface area contributed by atoms with Gasteiger partial charge in [-0.15, -0.1) is 24.0 Å². The molecule has 1 aliphatic heterocycles. The number of carbonyl (C=O) groups is 1. The van der Waals surface area contributed by atoms with Crippen molar-refractivity contribution in [3.8, 4) is 0 Å². The van der Waals surface area contributed by atoms with E-state index in [1.807, 2.05) is 18.0 Å². The Bertz CT molecular complexity index is 741. The van der Waals surface area contributed by atoms with E-state index in [9.17, 15) is 4.79 Å². The fourth-order valence-corrected chi connectivity index (χ4v) is 4.50. The van der Waals surface area contributed by atoms with Crippen LogP contribution in [0.4, 0.5) is 0 Å². The summed E-state index contributed by atoms with van der Waals surface area (Å²) in [6, 6.07) is 10.7. The zero-order valence-corrected chi connectivity index (χ0v) is 22.4. The highest BCUT2D eigenvalue weighted by molar-refractivity contribution is 14.0. The molecule has 3 rings (SSSR count). The SMILES string of the molecule is CCCCOC1CC(NC(=NC)NCC2CC(=O)N(CCc3ccccc3)C2)C1(C)C.I. The number of benzene rings is 1.